The molecule has 0 atom stereocenters. The molecule has 1 N–H and O–H groups in total. The molecule has 2 rings (SSSR count). The number of halogens is 1. The van der Waals surface area contributed by atoms with Crippen molar-refractivity contribution in [3.8, 4) is 0 Å². The minimum Gasteiger partial charge on any atom is -0.296 e. The predicted molar refractivity (Wildman–Crippen MR) is 71.1 cm³/mol. The first-order chi connectivity index (χ1) is 8.79. The fourth-order valence-corrected chi connectivity index (χ4v) is 2.21. The van der Waals surface area contributed by atoms with Crippen LogP contribution in [0.25, 0.3) is 0 Å². The maximum Gasteiger partial charge on any atom is 0.257 e. The summed E-state index contributed by atoms with van der Waals surface area (Å²) in [5.74, 6) is 0.385. The number of hydrogen-bond donors (Lipinski definition) is 1. The number of hydrogen-bond acceptors (Lipinski definition) is 5. The van der Waals surface area contributed by atoms with Crippen molar-refractivity contribution in [2.45, 2.75) is 12.8 Å². The largest absolute Gasteiger partial charge is 0.296 e. The minimum atomic E-state index is -0.211. The quantitative estimate of drug-likeness (QED) is 0.855. The monoisotopic (exact) mass is 282 g/mol. The van der Waals surface area contributed by atoms with Crippen LogP contribution < -0.4 is 5.32 Å². The maximum absolute atomic E-state index is 11.8. The molecule has 0 unspecified atom stereocenters. The van der Waals surface area contributed by atoms with Gasteiger partial charge in [-0.1, -0.05) is 11.3 Å². The number of nitrogens with zero attached hydrogens (tertiary/aromatic N) is 3. The molecule has 94 valence electrons. The topological polar surface area (TPSA) is 67.8 Å². The van der Waals surface area contributed by atoms with E-state index < -0.39 is 0 Å². The van der Waals surface area contributed by atoms with Gasteiger partial charge in [0.2, 0.25) is 5.13 Å². The summed E-state index contributed by atoms with van der Waals surface area (Å²) in [5, 5.41) is 12.0. The molecular formula is C11H11ClN4OS. The van der Waals surface area contributed by atoms with Crippen LogP contribution in [-0.4, -0.2) is 27.0 Å². The number of alkyl halides is 1. The van der Waals surface area contributed by atoms with Crippen molar-refractivity contribution in [3.63, 3.8) is 0 Å². The first kappa shape index (κ1) is 12.9. The standard InChI is InChI=1S/C11H11ClN4OS/c12-5-1-2-9-15-16-11(18-9)14-10(17)8-3-6-13-7-4-8/h3-4,6-7H,1-2,5H2,(H,14,16,17). The molecule has 2 aromatic rings. The Morgan fingerprint density at radius 1 is 1.33 bits per heavy atom. The van der Waals surface area contributed by atoms with Crippen LogP contribution in [0.5, 0.6) is 0 Å². The second kappa shape index (κ2) is 6.42. The molecule has 5 nitrogen and oxygen atoms in total. The smallest absolute Gasteiger partial charge is 0.257 e. The van der Waals surface area contributed by atoms with Crippen LogP contribution in [0, 0.1) is 0 Å². The summed E-state index contributed by atoms with van der Waals surface area (Å²) in [4.78, 5) is 15.7. The van der Waals surface area contributed by atoms with E-state index in [1.54, 1.807) is 24.5 Å². The molecule has 0 aliphatic rings. The second-order valence-electron chi connectivity index (χ2n) is 3.48. The van der Waals surface area contributed by atoms with Gasteiger partial charge in [-0.2, -0.15) is 0 Å². The van der Waals surface area contributed by atoms with Gasteiger partial charge in [-0.3, -0.25) is 15.1 Å². The highest BCUT2D eigenvalue weighted by Gasteiger charge is 2.09. The van der Waals surface area contributed by atoms with Crippen molar-refractivity contribution < 1.29 is 4.79 Å². The lowest BCUT2D eigenvalue weighted by Crippen LogP contribution is -2.11. The summed E-state index contributed by atoms with van der Waals surface area (Å²) in [5.41, 5.74) is 0.544. The molecule has 0 aliphatic carbocycles. The average Bonchev–Trinajstić information content (AvgIpc) is 2.85. The fraction of sp³-hybridized carbons (Fsp3) is 0.273. The van der Waals surface area contributed by atoms with Crippen LogP contribution >= 0.6 is 22.9 Å². The van der Waals surface area contributed by atoms with Gasteiger partial charge in [0.15, 0.2) is 0 Å². The van der Waals surface area contributed by atoms with Crippen LogP contribution in [0.3, 0.4) is 0 Å². The van der Waals surface area contributed by atoms with Crippen molar-refractivity contribution in [2.24, 2.45) is 0 Å². The molecule has 0 radical (unpaired) electrons. The van der Waals surface area contributed by atoms with E-state index in [0.717, 1.165) is 17.8 Å². The number of anilines is 1. The van der Waals surface area contributed by atoms with E-state index >= 15 is 0 Å². The van der Waals surface area contributed by atoms with Crippen LogP contribution in [0.4, 0.5) is 5.13 Å². The minimum absolute atomic E-state index is 0.211. The second-order valence-corrected chi connectivity index (χ2v) is 4.92. The van der Waals surface area contributed by atoms with Crippen LogP contribution in [-0.2, 0) is 6.42 Å². The number of pyridine rings is 1. The molecule has 0 saturated carbocycles. The Morgan fingerprint density at radius 3 is 2.83 bits per heavy atom. The third-order valence-electron chi connectivity index (χ3n) is 2.15. The van der Waals surface area contributed by atoms with Crippen molar-refractivity contribution in [1.82, 2.24) is 15.2 Å². The molecule has 2 heterocycles. The number of amides is 1. The van der Waals surface area contributed by atoms with E-state index in [4.69, 9.17) is 11.6 Å². The first-order valence-corrected chi connectivity index (χ1v) is 6.74. The third kappa shape index (κ3) is 3.48. The molecule has 0 saturated heterocycles. The van der Waals surface area contributed by atoms with Crippen LogP contribution in [0.15, 0.2) is 24.5 Å². The number of carbonyl (C=O) groups is 1. The molecule has 2 aromatic heterocycles. The summed E-state index contributed by atoms with van der Waals surface area (Å²) in [6, 6.07) is 3.29. The molecule has 18 heavy (non-hydrogen) atoms. The molecule has 7 heteroatoms. The Morgan fingerprint density at radius 2 is 2.11 bits per heavy atom. The maximum atomic E-state index is 11.8. The first-order valence-electron chi connectivity index (χ1n) is 5.39. The lowest BCUT2D eigenvalue weighted by Gasteiger charge is -1.99. The van der Waals surface area contributed by atoms with Crippen LogP contribution in [0.1, 0.15) is 21.8 Å². The molecule has 0 bridgehead atoms. The van der Waals surface area contributed by atoms with Gasteiger partial charge in [0.1, 0.15) is 5.01 Å². The zero-order valence-electron chi connectivity index (χ0n) is 9.47. The molecule has 1 amide bonds. The van der Waals surface area contributed by atoms with E-state index in [1.807, 2.05) is 0 Å². The zero-order valence-corrected chi connectivity index (χ0v) is 11.0. The lowest BCUT2D eigenvalue weighted by atomic mass is 10.2. The van der Waals surface area contributed by atoms with Gasteiger partial charge in [0.05, 0.1) is 0 Å². The van der Waals surface area contributed by atoms with Crippen molar-refractivity contribution in [1.29, 1.82) is 0 Å². The molecule has 0 fully saturated rings. The SMILES string of the molecule is O=C(Nc1nnc(CCCCl)s1)c1ccncc1. The normalized spacial score (nSPS) is 10.3. The Labute approximate surface area is 113 Å². The average molecular weight is 283 g/mol. The van der Waals surface area contributed by atoms with Gasteiger partial charge in [-0.25, -0.2) is 0 Å². The van der Waals surface area contributed by atoms with E-state index in [1.165, 1.54) is 11.3 Å². The number of aryl methyl sites for hydroxylation is 1. The number of nitrogens with one attached hydrogen (secondary N) is 1. The van der Waals surface area contributed by atoms with Gasteiger partial charge in [-0.05, 0) is 18.6 Å². The van der Waals surface area contributed by atoms with Crippen molar-refractivity contribution in [3.05, 3.63) is 35.1 Å². The van der Waals surface area contributed by atoms with Gasteiger partial charge < -0.3 is 0 Å². The van der Waals surface area contributed by atoms with Crippen molar-refractivity contribution in [2.75, 3.05) is 11.2 Å². The number of rotatable bonds is 5. The van der Waals surface area contributed by atoms with E-state index in [0.29, 0.717) is 16.6 Å². The van der Waals surface area contributed by atoms with Crippen LogP contribution in [0.2, 0.25) is 0 Å². The zero-order chi connectivity index (χ0) is 12.8. The Bertz CT molecular complexity index is 517. The molecule has 0 spiro atoms. The van der Waals surface area contributed by atoms with Gasteiger partial charge >= 0.3 is 0 Å². The highest BCUT2D eigenvalue weighted by Crippen LogP contribution is 2.17. The van der Waals surface area contributed by atoms with Gasteiger partial charge in [-0.15, -0.1) is 21.8 Å². The van der Waals surface area contributed by atoms with E-state index in [-0.39, 0.29) is 5.91 Å². The van der Waals surface area contributed by atoms with E-state index in [9.17, 15) is 4.79 Å². The predicted octanol–water partition coefficient (Wildman–Crippen LogP) is 2.36. The Kier molecular flexibility index (Phi) is 4.60. The van der Waals surface area contributed by atoms with Gasteiger partial charge in [0, 0.05) is 30.3 Å². The molecule has 0 aromatic carbocycles. The van der Waals surface area contributed by atoms with Crippen molar-refractivity contribution >= 4 is 34.0 Å². The highest BCUT2D eigenvalue weighted by atomic mass is 35.5. The molecule has 0 aliphatic heterocycles. The van der Waals surface area contributed by atoms with E-state index in [2.05, 4.69) is 20.5 Å². The summed E-state index contributed by atoms with van der Waals surface area (Å²) in [7, 11) is 0. The third-order valence-corrected chi connectivity index (χ3v) is 3.32. The lowest BCUT2D eigenvalue weighted by molar-refractivity contribution is 0.102. The Balaban J connectivity index is 1.97. The Hall–Kier alpha value is -1.53. The van der Waals surface area contributed by atoms with Gasteiger partial charge in [0.25, 0.3) is 5.91 Å². The number of carbonyl (C=O) groups excluding carboxylic acids is 1. The summed E-state index contributed by atoms with van der Waals surface area (Å²) >= 11 is 6.97. The summed E-state index contributed by atoms with van der Waals surface area (Å²) in [6.07, 6.45) is 4.78. The summed E-state index contributed by atoms with van der Waals surface area (Å²) < 4.78 is 0. The fourth-order valence-electron chi connectivity index (χ4n) is 1.30. The molecular weight excluding hydrogens is 272 g/mol. The summed E-state index contributed by atoms with van der Waals surface area (Å²) in [6.45, 7) is 0. The highest BCUT2D eigenvalue weighted by molar-refractivity contribution is 7.15. The number of aromatic nitrogens is 3.